The van der Waals surface area contributed by atoms with Crippen molar-refractivity contribution >= 4 is 16.9 Å². The van der Waals surface area contributed by atoms with Gasteiger partial charge in [0.1, 0.15) is 11.1 Å². The first-order valence-corrected chi connectivity index (χ1v) is 8.05. The lowest BCUT2D eigenvalue weighted by Crippen LogP contribution is -2.49. The number of carbonyl (C=O) groups excluding carboxylic acids is 1. The molecular weight excluding hydrogens is 294 g/mol. The third-order valence-corrected chi connectivity index (χ3v) is 5.13. The molecule has 2 saturated heterocycles. The van der Waals surface area contributed by atoms with E-state index in [4.69, 9.17) is 9.15 Å². The summed E-state index contributed by atoms with van der Waals surface area (Å²) in [6.45, 7) is 0. The Bertz CT molecular complexity index is 798. The van der Waals surface area contributed by atoms with Crippen molar-refractivity contribution in [1.82, 2.24) is 4.90 Å². The van der Waals surface area contributed by atoms with Gasteiger partial charge in [-0.25, -0.2) is 4.79 Å². The summed E-state index contributed by atoms with van der Waals surface area (Å²) in [5, 5.41) is 0.773. The van der Waals surface area contributed by atoms with Crippen LogP contribution in [-0.2, 0) is 4.74 Å². The van der Waals surface area contributed by atoms with E-state index in [2.05, 4.69) is 0 Å². The molecule has 2 fully saturated rings. The molecule has 1 amide bonds. The Morgan fingerprint density at radius 1 is 1.22 bits per heavy atom. The lowest BCUT2D eigenvalue weighted by molar-refractivity contribution is 0.00805. The summed E-state index contributed by atoms with van der Waals surface area (Å²) >= 11 is 0. The number of nitrogens with zero attached hydrogens (tertiary/aromatic N) is 1. The number of hydrogen-bond donors (Lipinski definition) is 0. The summed E-state index contributed by atoms with van der Waals surface area (Å²) < 4.78 is 10.8. The van der Waals surface area contributed by atoms with E-state index < -0.39 is 5.63 Å². The Morgan fingerprint density at radius 3 is 2.61 bits per heavy atom. The van der Waals surface area contributed by atoms with Crippen molar-refractivity contribution in [2.24, 2.45) is 0 Å². The maximum atomic E-state index is 12.9. The first-order chi connectivity index (χ1) is 11.2. The number of para-hydroxylation sites is 1. The highest BCUT2D eigenvalue weighted by atomic mass is 16.5. The van der Waals surface area contributed by atoms with E-state index in [-0.39, 0.29) is 29.7 Å². The summed E-state index contributed by atoms with van der Waals surface area (Å²) in [5.41, 5.74) is 0.0912. The van der Waals surface area contributed by atoms with Gasteiger partial charge in [-0.05, 0) is 37.8 Å². The van der Waals surface area contributed by atoms with E-state index in [9.17, 15) is 9.59 Å². The highest BCUT2D eigenvalue weighted by Crippen LogP contribution is 2.37. The number of amides is 1. The van der Waals surface area contributed by atoms with E-state index in [1.807, 2.05) is 23.1 Å². The number of methoxy groups -OCH3 is 1. The minimum atomic E-state index is -0.554. The van der Waals surface area contributed by atoms with Gasteiger partial charge in [-0.15, -0.1) is 0 Å². The number of carbonyl (C=O) groups is 1. The Balaban J connectivity index is 1.70. The van der Waals surface area contributed by atoms with Crippen molar-refractivity contribution < 1.29 is 13.9 Å². The average Bonchev–Trinajstić information content (AvgIpc) is 2.83. The minimum absolute atomic E-state index is 0.136. The highest BCUT2D eigenvalue weighted by molar-refractivity contribution is 5.97. The molecule has 0 aliphatic carbocycles. The second-order valence-electron chi connectivity index (χ2n) is 6.41. The van der Waals surface area contributed by atoms with Gasteiger partial charge in [0.2, 0.25) is 0 Å². The average molecular weight is 313 g/mol. The minimum Gasteiger partial charge on any atom is -0.422 e. The Hall–Kier alpha value is -2.14. The molecule has 2 aliphatic rings. The van der Waals surface area contributed by atoms with E-state index in [1.54, 1.807) is 19.2 Å². The Labute approximate surface area is 133 Å². The number of piperidine rings is 1. The molecule has 1 aromatic carbocycles. The third-order valence-electron chi connectivity index (χ3n) is 5.13. The molecule has 2 atom stereocenters. The van der Waals surface area contributed by atoms with Crippen molar-refractivity contribution in [2.75, 3.05) is 7.11 Å². The number of fused-ring (bicyclic) bond motifs is 3. The summed E-state index contributed by atoms with van der Waals surface area (Å²) in [5.74, 6) is -0.202. The summed E-state index contributed by atoms with van der Waals surface area (Å²) in [6, 6.07) is 9.24. The fourth-order valence-electron chi connectivity index (χ4n) is 4.00. The smallest absolute Gasteiger partial charge is 0.349 e. The summed E-state index contributed by atoms with van der Waals surface area (Å²) in [7, 11) is 1.72. The Morgan fingerprint density at radius 2 is 1.91 bits per heavy atom. The molecule has 5 heteroatoms. The topological polar surface area (TPSA) is 59.8 Å². The molecule has 2 aliphatic heterocycles. The van der Waals surface area contributed by atoms with Gasteiger partial charge in [-0.2, -0.15) is 0 Å². The molecule has 2 unspecified atom stereocenters. The van der Waals surface area contributed by atoms with Crippen LogP contribution in [0.2, 0.25) is 0 Å². The monoisotopic (exact) mass is 313 g/mol. The quantitative estimate of drug-likeness (QED) is 0.800. The normalized spacial score (nSPS) is 26.7. The van der Waals surface area contributed by atoms with E-state index in [0.29, 0.717) is 5.58 Å². The van der Waals surface area contributed by atoms with Gasteiger partial charge >= 0.3 is 5.63 Å². The number of benzene rings is 1. The van der Waals surface area contributed by atoms with Crippen LogP contribution >= 0.6 is 0 Å². The second kappa shape index (κ2) is 5.49. The second-order valence-corrected chi connectivity index (χ2v) is 6.41. The zero-order valence-corrected chi connectivity index (χ0v) is 13.0. The van der Waals surface area contributed by atoms with Crippen LogP contribution in [0.15, 0.2) is 39.5 Å². The predicted molar refractivity (Wildman–Crippen MR) is 85.5 cm³/mol. The van der Waals surface area contributed by atoms with Gasteiger partial charge in [-0.3, -0.25) is 4.79 Å². The molecule has 0 radical (unpaired) electrons. The van der Waals surface area contributed by atoms with Crippen molar-refractivity contribution in [3.8, 4) is 0 Å². The van der Waals surface area contributed by atoms with Gasteiger partial charge in [0.25, 0.3) is 5.91 Å². The number of ether oxygens (including phenoxy) is 1. The molecule has 120 valence electrons. The Kier molecular flexibility index (Phi) is 3.45. The maximum Gasteiger partial charge on any atom is 0.349 e. The molecule has 0 saturated carbocycles. The van der Waals surface area contributed by atoms with Crippen LogP contribution in [0, 0.1) is 0 Å². The first kappa shape index (κ1) is 14.5. The molecule has 1 aromatic heterocycles. The third kappa shape index (κ3) is 2.36. The van der Waals surface area contributed by atoms with Crippen LogP contribution in [0.4, 0.5) is 0 Å². The summed E-state index contributed by atoms with van der Waals surface area (Å²) in [4.78, 5) is 27.1. The standard InChI is InChI=1S/C18H19NO4/c1-22-14-9-12-6-7-13(10-14)19(12)17(20)15-8-11-4-2-3-5-16(11)23-18(15)21/h2-5,8,12-14H,6-7,9-10H2,1H3. The zero-order chi connectivity index (χ0) is 16.0. The van der Waals surface area contributed by atoms with Crippen LogP contribution < -0.4 is 5.63 Å². The molecule has 3 heterocycles. The maximum absolute atomic E-state index is 12.9. The molecule has 23 heavy (non-hydrogen) atoms. The molecule has 5 nitrogen and oxygen atoms in total. The van der Waals surface area contributed by atoms with Crippen LogP contribution in [-0.4, -0.2) is 36.1 Å². The highest BCUT2D eigenvalue weighted by Gasteiger charge is 2.44. The fraction of sp³-hybridized carbons (Fsp3) is 0.444. The van der Waals surface area contributed by atoms with Crippen molar-refractivity contribution in [3.05, 3.63) is 46.3 Å². The van der Waals surface area contributed by atoms with Crippen LogP contribution in [0.5, 0.6) is 0 Å². The first-order valence-electron chi connectivity index (χ1n) is 8.05. The molecule has 4 rings (SSSR count). The summed E-state index contributed by atoms with van der Waals surface area (Å²) in [6.07, 6.45) is 3.87. The lowest BCUT2D eigenvalue weighted by Gasteiger charge is -2.38. The largest absolute Gasteiger partial charge is 0.422 e. The van der Waals surface area contributed by atoms with Gasteiger partial charge in [0, 0.05) is 24.6 Å². The van der Waals surface area contributed by atoms with E-state index in [0.717, 1.165) is 31.1 Å². The molecule has 0 spiro atoms. The van der Waals surface area contributed by atoms with E-state index >= 15 is 0 Å². The van der Waals surface area contributed by atoms with Gasteiger partial charge < -0.3 is 14.1 Å². The van der Waals surface area contributed by atoms with Crippen LogP contribution in [0.25, 0.3) is 11.0 Å². The predicted octanol–water partition coefficient (Wildman–Crippen LogP) is 2.58. The van der Waals surface area contributed by atoms with Crippen molar-refractivity contribution in [2.45, 2.75) is 43.9 Å². The van der Waals surface area contributed by atoms with Crippen LogP contribution in [0.3, 0.4) is 0 Å². The SMILES string of the molecule is COC1CC2CCC(C1)N2C(=O)c1cc2ccccc2oc1=O. The fourth-order valence-corrected chi connectivity index (χ4v) is 4.00. The number of rotatable bonds is 2. The molecule has 2 aromatic rings. The molecule has 0 N–H and O–H groups in total. The van der Waals surface area contributed by atoms with Crippen LogP contribution in [0.1, 0.15) is 36.0 Å². The van der Waals surface area contributed by atoms with Crippen molar-refractivity contribution in [1.29, 1.82) is 0 Å². The zero-order valence-electron chi connectivity index (χ0n) is 13.0. The lowest BCUT2D eigenvalue weighted by atomic mass is 9.98. The van der Waals surface area contributed by atoms with E-state index in [1.165, 1.54) is 0 Å². The van der Waals surface area contributed by atoms with Gasteiger partial charge in [0.05, 0.1) is 6.10 Å². The number of hydrogen-bond acceptors (Lipinski definition) is 4. The van der Waals surface area contributed by atoms with Gasteiger partial charge in [0.15, 0.2) is 0 Å². The molecule has 2 bridgehead atoms. The molecular formula is C18H19NO4. The van der Waals surface area contributed by atoms with Crippen molar-refractivity contribution in [3.63, 3.8) is 0 Å². The van der Waals surface area contributed by atoms with Gasteiger partial charge in [-0.1, -0.05) is 18.2 Å².